The van der Waals surface area contributed by atoms with Crippen molar-refractivity contribution in [3.05, 3.63) is 29.6 Å². The van der Waals surface area contributed by atoms with Crippen molar-refractivity contribution in [2.45, 2.75) is 38.0 Å². The van der Waals surface area contributed by atoms with Crippen molar-refractivity contribution in [3.63, 3.8) is 0 Å². The van der Waals surface area contributed by atoms with Crippen LogP contribution in [0.3, 0.4) is 0 Å². The lowest BCUT2D eigenvalue weighted by Crippen LogP contribution is -2.15. The number of carbonyl (C=O) groups is 1. The lowest BCUT2D eigenvalue weighted by Gasteiger charge is -2.20. The first-order valence-corrected chi connectivity index (χ1v) is 7.08. The van der Waals surface area contributed by atoms with Gasteiger partial charge in [0.1, 0.15) is 0 Å². The molecule has 0 aliphatic heterocycles. The van der Waals surface area contributed by atoms with E-state index in [0.29, 0.717) is 11.4 Å². The summed E-state index contributed by atoms with van der Waals surface area (Å²) in [5.74, 6) is -0.0164. The van der Waals surface area contributed by atoms with Gasteiger partial charge in [0.25, 0.3) is 0 Å². The van der Waals surface area contributed by atoms with Crippen molar-refractivity contribution < 1.29 is 9.90 Å². The van der Waals surface area contributed by atoms with Crippen LogP contribution in [0.2, 0.25) is 0 Å². The topological polar surface area (TPSA) is 107 Å². The van der Waals surface area contributed by atoms with Gasteiger partial charge in [-0.15, -0.1) is 5.10 Å². The monoisotopic (exact) mass is 287 g/mol. The van der Waals surface area contributed by atoms with Crippen LogP contribution < -0.4 is 5.73 Å². The second-order valence-corrected chi connectivity index (χ2v) is 5.37. The average Bonchev–Trinajstić information content (AvgIpc) is 2.97. The first-order chi connectivity index (χ1) is 10.2. The highest BCUT2D eigenvalue weighted by atomic mass is 16.4. The summed E-state index contributed by atoms with van der Waals surface area (Å²) in [6.07, 6.45) is 5.63. The number of carboxylic acid groups (broad SMARTS) is 1. The molecule has 0 saturated heterocycles. The van der Waals surface area contributed by atoms with Crippen LogP contribution in [0.25, 0.3) is 5.69 Å². The number of nitrogen functional groups attached to an aromatic ring is 1. The maximum atomic E-state index is 11.4. The van der Waals surface area contributed by atoms with E-state index in [1.165, 1.54) is 12.5 Å². The summed E-state index contributed by atoms with van der Waals surface area (Å²) in [6, 6.07) is 4.75. The number of nitrogens with zero attached hydrogens (tertiary/aromatic N) is 4. The molecule has 1 aliphatic carbocycles. The zero-order chi connectivity index (χ0) is 14.8. The molecule has 0 unspecified atom stereocenters. The van der Waals surface area contributed by atoms with Crippen LogP contribution in [0.15, 0.2) is 18.2 Å². The van der Waals surface area contributed by atoms with E-state index in [1.54, 1.807) is 16.8 Å². The lowest BCUT2D eigenvalue weighted by molar-refractivity contribution is 0.0696. The van der Waals surface area contributed by atoms with Crippen molar-refractivity contribution in [3.8, 4) is 5.69 Å². The van der Waals surface area contributed by atoms with E-state index in [4.69, 9.17) is 5.73 Å². The lowest BCUT2D eigenvalue weighted by atomic mass is 9.88. The SMILES string of the molecule is Nc1ccc(-n2nnnc2C2CCCCC2)c(C(=O)O)c1. The molecule has 110 valence electrons. The van der Waals surface area contributed by atoms with Crippen molar-refractivity contribution in [1.29, 1.82) is 0 Å². The third kappa shape index (κ3) is 2.58. The number of aromatic carboxylic acids is 1. The minimum atomic E-state index is -1.04. The Hall–Kier alpha value is -2.44. The molecule has 0 radical (unpaired) electrons. The van der Waals surface area contributed by atoms with E-state index in [2.05, 4.69) is 15.5 Å². The summed E-state index contributed by atoms with van der Waals surface area (Å²) in [4.78, 5) is 11.4. The van der Waals surface area contributed by atoms with Gasteiger partial charge < -0.3 is 10.8 Å². The molecule has 1 fully saturated rings. The van der Waals surface area contributed by atoms with E-state index in [1.807, 2.05) is 0 Å². The summed E-state index contributed by atoms with van der Waals surface area (Å²) in [6.45, 7) is 0. The molecule has 1 heterocycles. The Morgan fingerprint density at radius 2 is 2.05 bits per heavy atom. The van der Waals surface area contributed by atoms with Crippen molar-refractivity contribution in [2.24, 2.45) is 0 Å². The number of anilines is 1. The van der Waals surface area contributed by atoms with E-state index < -0.39 is 5.97 Å². The number of benzene rings is 1. The number of rotatable bonds is 3. The van der Waals surface area contributed by atoms with Gasteiger partial charge in [0.15, 0.2) is 5.82 Å². The molecule has 0 bridgehead atoms. The third-order valence-corrected chi connectivity index (χ3v) is 3.94. The van der Waals surface area contributed by atoms with Gasteiger partial charge >= 0.3 is 5.97 Å². The van der Waals surface area contributed by atoms with Gasteiger partial charge in [-0.1, -0.05) is 19.3 Å². The minimum absolute atomic E-state index is 0.111. The van der Waals surface area contributed by atoms with Crippen molar-refractivity contribution in [2.75, 3.05) is 5.73 Å². The summed E-state index contributed by atoms with van der Waals surface area (Å²) >= 11 is 0. The predicted molar refractivity (Wildman–Crippen MR) is 76.4 cm³/mol. The van der Waals surface area contributed by atoms with Crippen LogP contribution in [-0.2, 0) is 0 Å². The van der Waals surface area contributed by atoms with Crippen LogP contribution in [0.4, 0.5) is 5.69 Å². The number of hydrogen-bond donors (Lipinski definition) is 2. The fourth-order valence-electron chi connectivity index (χ4n) is 2.89. The average molecular weight is 287 g/mol. The standard InChI is InChI=1S/C14H17N5O2/c15-10-6-7-12(11(8-10)14(20)21)19-13(16-17-18-19)9-4-2-1-3-5-9/h6-9H,1-5,15H2,(H,20,21). The molecule has 0 atom stereocenters. The Morgan fingerprint density at radius 3 is 2.76 bits per heavy atom. The summed E-state index contributed by atoms with van der Waals surface area (Å²) < 4.78 is 1.54. The molecule has 3 rings (SSSR count). The zero-order valence-electron chi connectivity index (χ0n) is 11.6. The number of aromatic nitrogens is 4. The summed E-state index contributed by atoms with van der Waals surface area (Å²) in [5.41, 5.74) is 6.65. The molecule has 1 saturated carbocycles. The smallest absolute Gasteiger partial charge is 0.337 e. The fourth-order valence-corrected chi connectivity index (χ4v) is 2.89. The molecule has 1 aromatic carbocycles. The Bertz CT molecular complexity index is 661. The van der Waals surface area contributed by atoms with E-state index >= 15 is 0 Å². The largest absolute Gasteiger partial charge is 0.478 e. The van der Waals surface area contributed by atoms with Crippen LogP contribution in [-0.4, -0.2) is 31.3 Å². The molecular weight excluding hydrogens is 270 g/mol. The highest BCUT2D eigenvalue weighted by molar-refractivity contribution is 5.93. The van der Waals surface area contributed by atoms with Gasteiger partial charge in [-0.3, -0.25) is 0 Å². The normalized spacial score (nSPS) is 16.0. The van der Waals surface area contributed by atoms with Crippen molar-refractivity contribution >= 4 is 11.7 Å². The van der Waals surface area contributed by atoms with E-state index in [0.717, 1.165) is 31.5 Å². The van der Waals surface area contributed by atoms with Gasteiger partial charge in [-0.2, -0.15) is 4.68 Å². The molecule has 21 heavy (non-hydrogen) atoms. The van der Waals surface area contributed by atoms with Crippen LogP contribution in [0.5, 0.6) is 0 Å². The first-order valence-electron chi connectivity index (χ1n) is 7.08. The predicted octanol–water partition coefficient (Wildman–Crippen LogP) is 1.99. The second kappa shape index (κ2) is 5.51. The molecule has 7 heteroatoms. The number of hydrogen-bond acceptors (Lipinski definition) is 5. The Kier molecular flexibility index (Phi) is 3.55. The maximum Gasteiger partial charge on any atom is 0.337 e. The molecular formula is C14H17N5O2. The molecule has 1 aromatic heterocycles. The van der Waals surface area contributed by atoms with E-state index in [9.17, 15) is 9.90 Å². The molecule has 2 aromatic rings. The van der Waals surface area contributed by atoms with Crippen LogP contribution in [0.1, 0.15) is 54.2 Å². The molecule has 1 aliphatic rings. The molecule has 3 N–H and O–H groups in total. The first kappa shape index (κ1) is 13.5. The van der Waals surface area contributed by atoms with Gasteiger partial charge in [0.05, 0.1) is 11.3 Å². The number of nitrogens with two attached hydrogens (primary N) is 1. The maximum absolute atomic E-state index is 11.4. The molecule has 0 amide bonds. The Labute approximate surface area is 121 Å². The number of tetrazole rings is 1. The van der Waals surface area contributed by atoms with Crippen LogP contribution in [0, 0.1) is 0 Å². The van der Waals surface area contributed by atoms with Gasteiger partial charge in [-0.25, -0.2) is 4.79 Å². The minimum Gasteiger partial charge on any atom is -0.478 e. The summed E-state index contributed by atoms with van der Waals surface area (Å²) in [7, 11) is 0. The third-order valence-electron chi connectivity index (χ3n) is 3.94. The Balaban J connectivity index is 2.05. The highest BCUT2D eigenvalue weighted by Crippen LogP contribution is 2.32. The van der Waals surface area contributed by atoms with Crippen LogP contribution >= 0.6 is 0 Å². The molecule has 0 spiro atoms. The Morgan fingerprint density at radius 1 is 1.29 bits per heavy atom. The molecule has 7 nitrogen and oxygen atoms in total. The van der Waals surface area contributed by atoms with E-state index in [-0.39, 0.29) is 11.5 Å². The zero-order valence-corrected chi connectivity index (χ0v) is 11.6. The van der Waals surface area contributed by atoms with Crippen molar-refractivity contribution in [1.82, 2.24) is 20.2 Å². The van der Waals surface area contributed by atoms with Gasteiger partial charge in [0.2, 0.25) is 0 Å². The summed E-state index contributed by atoms with van der Waals surface area (Å²) in [5, 5.41) is 21.2. The quantitative estimate of drug-likeness (QED) is 0.836. The number of carboxylic acids is 1. The second-order valence-electron chi connectivity index (χ2n) is 5.37. The fraction of sp³-hybridized carbons (Fsp3) is 0.429. The van der Waals surface area contributed by atoms with Gasteiger partial charge in [-0.05, 0) is 41.5 Å². The highest BCUT2D eigenvalue weighted by Gasteiger charge is 2.24. The van der Waals surface area contributed by atoms with Gasteiger partial charge in [0, 0.05) is 11.6 Å².